The van der Waals surface area contributed by atoms with Gasteiger partial charge < -0.3 is 14.2 Å². The zero-order valence-electron chi connectivity index (χ0n) is 46.9. The van der Waals surface area contributed by atoms with Crippen LogP contribution in [0.3, 0.4) is 0 Å². The van der Waals surface area contributed by atoms with E-state index in [0.29, 0.717) is 19.3 Å². The Hall–Kier alpha value is -1.85. The number of esters is 3. The lowest BCUT2D eigenvalue weighted by Crippen LogP contribution is -2.30. The maximum Gasteiger partial charge on any atom is 0.306 e. The number of ether oxygens (including phenoxy) is 3. The van der Waals surface area contributed by atoms with Gasteiger partial charge in [-0.2, -0.15) is 0 Å². The Morgan fingerprint density at radius 2 is 0.478 bits per heavy atom. The molecular formula is C63H120O6. The molecule has 0 aliphatic carbocycles. The largest absolute Gasteiger partial charge is 0.462 e. The van der Waals surface area contributed by atoms with Crippen LogP contribution in [0.15, 0.2) is 12.2 Å². The van der Waals surface area contributed by atoms with Crippen LogP contribution in [0.1, 0.15) is 355 Å². The van der Waals surface area contributed by atoms with E-state index >= 15 is 0 Å². The van der Waals surface area contributed by atoms with Crippen molar-refractivity contribution in [2.24, 2.45) is 0 Å². The summed E-state index contributed by atoms with van der Waals surface area (Å²) in [6.45, 7) is 6.66. The average molecular weight is 974 g/mol. The molecule has 6 nitrogen and oxygen atoms in total. The van der Waals surface area contributed by atoms with Gasteiger partial charge in [0.05, 0.1) is 0 Å². The number of carbonyl (C=O) groups is 3. The topological polar surface area (TPSA) is 78.9 Å². The van der Waals surface area contributed by atoms with Crippen molar-refractivity contribution >= 4 is 17.9 Å². The van der Waals surface area contributed by atoms with Gasteiger partial charge in [-0.15, -0.1) is 0 Å². The summed E-state index contributed by atoms with van der Waals surface area (Å²) in [5.74, 6) is -0.854. The molecule has 0 aromatic carbocycles. The predicted octanol–water partition coefficient (Wildman–Crippen LogP) is 20.9. The Morgan fingerprint density at radius 3 is 0.754 bits per heavy atom. The first-order chi connectivity index (χ1) is 34.0. The van der Waals surface area contributed by atoms with E-state index < -0.39 is 6.10 Å². The van der Waals surface area contributed by atoms with Gasteiger partial charge in [0, 0.05) is 19.3 Å². The van der Waals surface area contributed by atoms with Crippen LogP contribution in [0.25, 0.3) is 0 Å². The number of allylic oxidation sites excluding steroid dienone is 2. The lowest BCUT2D eigenvalue weighted by atomic mass is 10.0. The second kappa shape index (κ2) is 58.7. The van der Waals surface area contributed by atoms with Gasteiger partial charge in [0.1, 0.15) is 13.2 Å². The van der Waals surface area contributed by atoms with Gasteiger partial charge >= 0.3 is 17.9 Å². The van der Waals surface area contributed by atoms with Crippen LogP contribution in [0.5, 0.6) is 0 Å². The molecule has 0 aliphatic heterocycles. The Morgan fingerprint density at radius 1 is 0.275 bits per heavy atom. The normalized spacial score (nSPS) is 12.0. The molecule has 1 unspecified atom stereocenters. The molecule has 408 valence electrons. The van der Waals surface area contributed by atoms with Gasteiger partial charge in [-0.25, -0.2) is 0 Å². The minimum absolute atomic E-state index is 0.0677. The second-order valence-electron chi connectivity index (χ2n) is 21.3. The van der Waals surface area contributed by atoms with Crippen LogP contribution in [0.4, 0.5) is 0 Å². The van der Waals surface area contributed by atoms with E-state index in [2.05, 4.69) is 32.9 Å². The van der Waals surface area contributed by atoms with Crippen LogP contribution in [-0.4, -0.2) is 37.2 Å². The third-order valence-corrected chi connectivity index (χ3v) is 14.3. The molecule has 69 heavy (non-hydrogen) atoms. The molecular weight excluding hydrogens is 853 g/mol. The van der Waals surface area contributed by atoms with Crippen molar-refractivity contribution in [3.05, 3.63) is 12.2 Å². The summed E-state index contributed by atoms with van der Waals surface area (Å²) in [5, 5.41) is 0. The molecule has 0 amide bonds. The first kappa shape index (κ1) is 67.1. The van der Waals surface area contributed by atoms with Gasteiger partial charge in [-0.1, -0.05) is 303 Å². The lowest BCUT2D eigenvalue weighted by molar-refractivity contribution is -0.167. The summed E-state index contributed by atoms with van der Waals surface area (Å²) in [6, 6.07) is 0. The molecule has 0 N–H and O–H groups in total. The molecule has 0 saturated heterocycles. The molecule has 6 heteroatoms. The molecule has 0 heterocycles. The zero-order valence-corrected chi connectivity index (χ0v) is 46.9. The summed E-state index contributed by atoms with van der Waals surface area (Å²) >= 11 is 0. The number of rotatable bonds is 58. The third-order valence-electron chi connectivity index (χ3n) is 14.3. The number of carbonyl (C=O) groups excluding carboxylic acids is 3. The van der Waals surface area contributed by atoms with E-state index in [1.54, 1.807) is 0 Å². The smallest absolute Gasteiger partial charge is 0.306 e. The minimum atomic E-state index is -0.768. The van der Waals surface area contributed by atoms with Crippen molar-refractivity contribution in [1.29, 1.82) is 0 Å². The maximum absolute atomic E-state index is 12.8. The molecule has 0 aliphatic rings. The van der Waals surface area contributed by atoms with Crippen LogP contribution in [0.2, 0.25) is 0 Å². The van der Waals surface area contributed by atoms with Gasteiger partial charge in [-0.05, 0) is 44.9 Å². The molecule has 0 saturated carbocycles. The summed E-state index contributed by atoms with van der Waals surface area (Å²) in [7, 11) is 0. The SMILES string of the molecule is CCCCC/C=C\CCCCCCCC(=O)OC(COC(=O)CCCCCCCCCCCCC)COC(=O)CCCCCCCCCCCCCCCCCCCCCCCCCCCCCC. The lowest BCUT2D eigenvalue weighted by Gasteiger charge is -2.18. The number of hydrogen-bond acceptors (Lipinski definition) is 6. The zero-order chi connectivity index (χ0) is 50.0. The van der Waals surface area contributed by atoms with E-state index in [1.807, 2.05) is 0 Å². The second-order valence-corrected chi connectivity index (χ2v) is 21.3. The first-order valence-corrected chi connectivity index (χ1v) is 31.2. The van der Waals surface area contributed by atoms with Crippen LogP contribution in [-0.2, 0) is 28.6 Å². The molecule has 0 radical (unpaired) electrons. The minimum Gasteiger partial charge on any atom is -0.462 e. The summed E-state index contributed by atoms with van der Waals surface area (Å²) in [5.41, 5.74) is 0. The number of unbranched alkanes of at least 4 members (excludes halogenated alkanes) is 45. The van der Waals surface area contributed by atoms with Crippen molar-refractivity contribution in [3.8, 4) is 0 Å². The summed E-state index contributed by atoms with van der Waals surface area (Å²) in [6.07, 6.45) is 68.1. The molecule has 0 rings (SSSR count). The average Bonchev–Trinajstić information content (AvgIpc) is 3.35. The van der Waals surface area contributed by atoms with Crippen LogP contribution < -0.4 is 0 Å². The first-order valence-electron chi connectivity index (χ1n) is 31.2. The highest BCUT2D eigenvalue weighted by Gasteiger charge is 2.19. The van der Waals surface area contributed by atoms with Gasteiger partial charge in [-0.3, -0.25) is 14.4 Å². The van der Waals surface area contributed by atoms with E-state index in [4.69, 9.17) is 14.2 Å². The Bertz CT molecular complexity index is 1070. The fraction of sp³-hybridized carbons (Fsp3) is 0.921. The van der Waals surface area contributed by atoms with Crippen molar-refractivity contribution in [1.82, 2.24) is 0 Å². The van der Waals surface area contributed by atoms with Gasteiger partial charge in [0.15, 0.2) is 6.10 Å². The van der Waals surface area contributed by atoms with E-state index in [9.17, 15) is 14.4 Å². The Kier molecular flexibility index (Phi) is 57.1. The Balaban J connectivity index is 4.06. The molecule has 0 aromatic rings. The highest BCUT2D eigenvalue weighted by Crippen LogP contribution is 2.18. The van der Waals surface area contributed by atoms with E-state index in [0.717, 1.165) is 64.2 Å². The highest BCUT2D eigenvalue weighted by atomic mass is 16.6. The van der Waals surface area contributed by atoms with Crippen LogP contribution in [0, 0.1) is 0 Å². The van der Waals surface area contributed by atoms with E-state index in [-0.39, 0.29) is 31.1 Å². The fourth-order valence-electron chi connectivity index (χ4n) is 9.56. The molecule has 0 bridgehead atoms. The van der Waals surface area contributed by atoms with Gasteiger partial charge in [0.25, 0.3) is 0 Å². The molecule has 0 spiro atoms. The van der Waals surface area contributed by atoms with Crippen molar-refractivity contribution < 1.29 is 28.6 Å². The summed E-state index contributed by atoms with van der Waals surface area (Å²) < 4.78 is 16.9. The molecule has 0 aromatic heterocycles. The fourth-order valence-corrected chi connectivity index (χ4v) is 9.56. The Labute approximate surface area is 431 Å². The van der Waals surface area contributed by atoms with Gasteiger partial charge in [0.2, 0.25) is 0 Å². The van der Waals surface area contributed by atoms with Crippen molar-refractivity contribution in [2.45, 2.75) is 361 Å². The molecule has 1 atom stereocenters. The predicted molar refractivity (Wildman–Crippen MR) is 298 cm³/mol. The van der Waals surface area contributed by atoms with Crippen LogP contribution >= 0.6 is 0 Å². The quantitative estimate of drug-likeness (QED) is 0.0261. The standard InChI is InChI=1S/C63H120O6/c1-4-7-10-13-16-19-22-24-25-26-27-28-29-30-31-32-33-34-35-36-37-38-39-42-44-47-50-53-56-62(65)68-59-60(58-67-61(64)55-52-49-46-43-40-21-18-15-12-9-6-3)69-63(66)57-54-51-48-45-41-23-20-17-14-11-8-5-2/h17,20,60H,4-16,18-19,21-59H2,1-3H3/b20-17-. The van der Waals surface area contributed by atoms with E-state index in [1.165, 1.54) is 250 Å². The maximum atomic E-state index is 12.8. The monoisotopic (exact) mass is 973 g/mol. The number of hydrogen-bond donors (Lipinski definition) is 0. The van der Waals surface area contributed by atoms with Crippen molar-refractivity contribution in [2.75, 3.05) is 13.2 Å². The summed E-state index contributed by atoms with van der Waals surface area (Å²) in [4.78, 5) is 38.1. The van der Waals surface area contributed by atoms with Crippen molar-refractivity contribution in [3.63, 3.8) is 0 Å². The highest BCUT2D eigenvalue weighted by molar-refractivity contribution is 5.71. The third kappa shape index (κ3) is 56.9. The molecule has 0 fully saturated rings.